The average Bonchev–Trinajstić information content (AvgIpc) is 2.62. The number of carbonyl (C=O) groups excluding carboxylic acids is 1. The van der Waals surface area contributed by atoms with Crippen molar-refractivity contribution < 1.29 is 18.0 Å². The summed E-state index contributed by atoms with van der Waals surface area (Å²) in [5, 5.41) is 2.60. The van der Waals surface area contributed by atoms with Crippen molar-refractivity contribution in [1.29, 1.82) is 0 Å². The second kappa shape index (κ2) is 7.13. The van der Waals surface area contributed by atoms with E-state index >= 15 is 0 Å². The molecule has 1 aliphatic heterocycles. The fourth-order valence-electron chi connectivity index (χ4n) is 2.82. The molecule has 1 amide bonds. The number of benzene rings is 1. The number of piperidine rings is 1. The number of alkyl halides is 3. The molecule has 3 rings (SSSR count). The summed E-state index contributed by atoms with van der Waals surface area (Å²) in [6.07, 6.45) is 2.21. The number of pyridine rings is 1. The Morgan fingerprint density at radius 3 is 2.36 bits per heavy atom. The van der Waals surface area contributed by atoms with Crippen molar-refractivity contribution >= 4 is 17.3 Å². The fourth-order valence-corrected chi connectivity index (χ4v) is 2.82. The predicted octanol–water partition coefficient (Wildman–Crippen LogP) is 4.34. The van der Waals surface area contributed by atoms with E-state index in [1.165, 1.54) is 24.8 Å². The van der Waals surface area contributed by atoms with Gasteiger partial charge in [0, 0.05) is 25.0 Å². The highest BCUT2D eigenvalue weighted by Crippen LogP contribution is 2.30. The monoisotopic (exact) mass is 349 g/mol. The van der Waals surface area contributed by atoms with Crippen LogP contribution in [0.2, 0.25) is 0 Å². The van der Waals surface area contributed by atoms with Gasteiger partial charge >= 0.3 is 6.18 Å². The van der Waals surface area contributed by atoms with Gasteiger partial charge in [0.25, 0.3) is 5.91 Å². The quantitative estimate of drug-likeness (QED) is 0.896. The van der Waals surface area contributed by atoms with Crippen LogP contribution >= 0.6 is 0 Å². The number of anilines is 2. The standard InChI is InChI=1S/C18H18F3N3O/c19-18(20,21)14-4-6-15(7-5-14)23-17(25)13-10-16(12-22-11-13)24-8-2-1-3-9-24/h4-7,10-12H,1-3,8-9H2,(H,23,25). The van der Waals surface area contributed by atoms with E-state index in [4.69, 9.17) is 0 Å². The number of hydrogen-bond acceptors (Lipinski definition) is 3. The van der Waals surface area contributed by atoms with Crippen LogP contribution in [0.5, 0.6) is 0 Å². The first-order valence-corrected chi connectivity index (χ1v) is 8.12. The number of nitrogens with zero attached hydrogens (tertiary/aromatic N) is 2. The van der Waals surface area contributed by atoms with Crippen molar-refractivity contribution in [3.05, 3.63) is 53.9 Å². The lowest BCUT2D eigenvalue weighted by Crippen LogP contribution is -2.29. The summed E-state index contributed by atoms with van der Waals surface area (Å²) in [6, 6.07) is 6.12. The van der Waals surface area contributed by atoms with Gasteiger partial charge in [0.2, 0.25) is 0 Å². The number of aromatic nitrogens is 1. The van der Waals surface area contributed by atoms with Gasteiger partial charge in [-0.1, -0.05) is 0 Å². The summed E-state index contributed by atoms with van der Waals surface area (Å²) >= 11 is 0. The lowest BCUT2D eigenvalue weighted by atomic mass is 10.1. The molecule has 1 saturated heterocycles. The van der Waals surface area contributed by atoms with E-state index < -0.39 is 17.6 Å². The van der Waals surface area contributed by atoms with Gasteiger partial charge in [-0.15, -0.1) is 0 Å². The van der Waals surface area contributed by atoms with E-state index in [0.717, 1.165) is 43.8 Å². The van der Waals surface area contributed by atoms with Gasteiger partial charge in [0.15, 0.2) is 0 Å². The number of rotatable bonds is 3. The molecule has 0 saturated carbocycles. The fraction of sp³-hybridized carbons (Fsp3) is 0.333. The van der Waals surface area contributed by atoms with E-state index in [2.05, 4.69) is 15.2 Å². The molecule has 1 fully saturated rings. The first-order valence-electron chi connectivity index (χ1n) is 8.12. The van der Waals surface area contributed by atoms with E-state index in [-0.39, 0.29) is 0 Å². The molecule has 1 aromatic carbocycles. The van der Waals surface area contributed by atoms with Crippen LogP contribution in [0.4, 0.5) is 24.5 Å². The van der Waals surface area contributed by atoms with Gasteiger partial charge in [-0.3, -0.25) is 9.78 Å². The molecule has 1 aromatic heterocycles. The van der Waals surface area contributed by atoms with Gasteiger partial charge in [0.1, 0.15) is 0 Å². The summed E-state index contributed by atoms with van der Waals surface area (Å²) < 4.78 is 37.7. The van der Waals surface area contributed by atoms with Gasteiger partial charge in [-0.2, -0.15) is 13.2 Å². The highest BCUT2D eigenvalue weighted by molar-refractivity contribution is 6.04. The molecule has 0 aliphatic carbocycles. The second-order valence-electron chi connectivity index (χ2n) is 6.01. The normalized spacial score (nSPS) is 15.1. The smallest absolute Gasteiger partial charge is 0.370 e. The summed E-state index contributed by atoms with van der Waals surface area (Å²) in [5.41, 5.74) is 0.823. The van der Waals surface area contributed by atoms with Crippen LogP contribution < -0.4 is 10.2 Å². The Morgan fingerprint density at radius 2 is 1.72 bits per heavy atom. The van der Waals surface area contributed by atoms with Crippen LogP contribution in [-0.2, 0) is 6.18 Å². The number of nitrogens with one attached hydrogen (secondary N) is 1. The lowest BCUT2D eigenvalue weighted by molar-refractivity contribution is -0.137. The molecule has 0 spiro atoms. The van der Waals surface area contributed by atoms with Crippen LogP contribution in [0, 0.1) is 0 Å². The van der Waals surface area contributed by atoms with Crippen molar-refractivity contribution in [2.75, 3.05) is 23.3 Å². The molecule has 0 unspecified atom stereocenters. The molecule has 4 nitrogen and oxygen atoms in total. The van der Waals surface area contributed by atoms with Gasteiger partial charge < -0.3 is 10.2 Å². The molecule has 25 heavy (non-hydrogen) atoms. The lowest BCUT2D eigenvalue weighted by Gasteiger charge is -2.28. The molecule has 1 N–H and O–H groups in total. The molecule has 0 atom stereocenters. The Labute approximate surface area is 143 Å². The van der Waals surface area contributed by atoms with Gasteiger partial charge in [0.05, 0.1) is 23.0 Å². The third-order valence-electron chi connectivity index (χ3n) is 4.18. The zero-order chi connectivity index (χ0) is 17.9. The van der Waals surface area contributed by atoms with Crippen molar-refractivity contribution in [3.63, 3.8) is 0 Å². The minimum atomic E-state index is -4.39. The van der Waals surface area contributed by atoms with Crippen molar-refractivity contribution in [1.82, 2.24) is 4.98 Å². The summed E-state index contributed by atoms with van der Waals surface area (Å²) in [4.78, 5) is 18.6. The molecular formula is C18H18F3N3O. The zero-order valence-electron chi connectivity index (χ0n) is 13.5. The van der Waals surface area contributed by atoms with E-state index in [1.54, 1.807) is 12.3 Å². The van der Waals surface area contributed by atoms with Gasteiger partial charge in [-0.05, 0) is 49.6 Å². The van der Waals surface area contributed by atoms with Crippen LogP contribution in [0.15, 0.2) is 42.7 Å². The van der Waals surface area contributed by atoms with Crippen LogP contribution in [0.1, 0.15) is 35.2 Å². The van der Waals surface area contributed by atoms with Crippen LogP contribution in [0.25, 0.3) is 0 Å². The minimum absolute atomic E-state index is 0.307. The van der Waals surface area contributed by atoms with E-state index in [0.29, 0.717) is 11.3 Å². The molecule has 0 bridgehead atoms. The number of carbonyl (C=O) groups is 1. The maximum atomic E-state index is 12.6. The molecule has 2 aromatic rings. The minimum Gasteiger partial charge on any atom is -0.370 e. The zero-order valence-corrected chi connectivity index (χ0v) is 13.5. The van der Waals surface area contributed by atoms with Gasteiger partial charge in [-0.25, -0.2) is 0 Å². The van der Waals surface area contributed by atoms with Crippen molar-refractivity contribution in [3.8, 4) is 0 Å². The average molecular weight is 349 g/mol. The highest BCUT2D eigenvalue weighted by atomic mass is 19.4. The topological polar surface area (TPSA) is 45.2 Å². The molecule has 2 heterocycles. The maximum Gasteiger partial charge on any atom is 0.416 e. The summed E-state index contributed by atoms with van der Waals surface area (Å²) in [5.74, 6) is -0.397. The maximum absolute atomic E-state index is 12.6. The molecule has 7 heteroatoms. The van der Waals surface area contributed by atoms with E-state index in [1.807, 2.05) is 0 Å². The Bertz CT molecular complexity index is 738. The Hall–Kier alpha value is -2.57. The summed E-state index contributed by atoms with van der Waals surface area (Å²) in [6.45, 7) is 1.87. The predicted molar refractivity (Wildman–Crippen MR) is 89.7 cm³/mol. The molecule has 132 valence electrons. The van der Waals surface area contributed by atoms with E-state index in [9.17, 15) is 18.0 Å². The third-order valence-corrected chi connectivity index (χ3v) is 4.18. The first-order chi connectivity index (χ1) is 11.9. The van der Waals surface area contributed by atoms with Crippen LogP contribution in [0.3, 0.4) is 0 Å². The SMILES string of the molecule is O=C(Nc1ccc(C(F)(F)F)cc1)c1cncc(N2CCCCC2)c1. The molecular weight excluding hydrogens is 331 g/mol. The third kappa shape index (κ3) is 4.29. The number of halogens is 3. The highest BCUT2D eigenvalue weighted by Gasteiger charge is 2.30. The Kier molecular flexibility index (Phi) is 4.92. The molecule has 0 radical (unpaired) electrons. The second-order valence-corrected chi connectivity index (χ2v) is 6.01. The molecule has 1 aliphatic rings. The number of hydrogen-bond donors (Lipinski definition) is 1. The number of amides is 1. The first kappa shape index (κ1) is 17.3. The summed E-state index contributed by atoms with van der Waals surface area (Å²) in [7, 11) is 0. The Balaban J connectivity index is 1.70. The van der Waals surface area contributed by atoms with Crippen LogP contribution in [-0.4, -0.2) is 24.0 Å². The van der Waals surface area contributed by atoms with Crippen molar-refractivity contribution in [2.45, 2.75) is 25.4 Å². The largest absolute Gasteiger partial charge is 0.416 e. The Morgan fingerprint density at radius 1 is 1.04 bits per heavy atom. The van der Waals surface area contributed by atoms with Crippen molar-refractivity contribution in [2.24, 2.45) is 0 Å².